The Kier molecular flexibility index (Phi) is 4.10. The number of nitrogens with zero attached hydrogens (tertiary/aromatic N) is 2. The van der Waals surface area contributed by atoms with Gasteiger partial charge in [0.05, 0.1) is 11.4 Å². The lowest BCUT2D eigenvalue weighted by atomic mass is 10.2. The Balaban J connectivity index is 2.10. The van der Waals surface area contributed by atoms with Crippen molar-refractivity contribution in [1.82, 2.24) is 0 Å². The van der Waals surface area contributed by atoms with Crippen LogP contribution in [0.25, 0.3) is 0 Å². The second-order valence-electron chi connectivity index (χ2n) is 3.90. The average Bonchev–Trinajstić information content (AvgIpc) is 2.47. The van der Waals surface area contributed by atoms with E-state index in [-0.39, 0.29) is 34.0 Å². The minimum Gasteiger partial charge on any atom is -0.398 e. The van der Waals surface area contributed by atoms with Crippen molar-refractivity contribution < 1.29 is 14.8 Å². The molecule has 0 aliphatic heterocycles. The van der Waals surface area contributed by atoms with E-state index >= 15 is 0 Å². The molecule has 0 unspecified atom stereocenters. The quantitative estimate of drug-likeness (QED) is 0.498. The molecule has 0 bridgehead atoms. The Labute approximate surface area is 120 Å². The predicted octanol–water partition coefficient (Wildman–Crippen LogP) is 1.90. The number of nitriles is 2. The molecule has 21 heavy (non-hydrogen) atoms. The van der Waals surface area contributed by atoms with Gasteiger partial charge in [-0.2, -0.15) is 10.5 Å². The molecule has 0 spiro atoms. The molecule has 4 N–H and O–H groups in total. The molecule has 0 saturated carbocycles. The largest absolute Gasteiger partial charge is 0.398 e. The van der Waals surface area contributed by atoms with Gasteiger partial charge in [0.15, 0.2) is 11.5 Å². The molecule has 0 heterocycles. The number of nitrogens with two attached hydrogens (primary N) is 2. The van der Waals surface area contributed by atoms with Crippen LogP contribution in [0.15, 0.2) is 36.4 Å². The smallest absolute Gasteiger partial charge is 0.189 e. The summed E-state index contributed by atoms with van der Waals surface area (Å²) in [6.07, 6.45) is 0. The Morgan fingerprint density at radius 2 is 1.19 bits per heavy atom. The van der Waals surface area contributed by atoms with Gasteiger partial charge in [0.2, 0.25) is 0 Å². The summed E-state index contributed by atoms with van der Waals surface area (Å²) in [7, 11) is 0. The highest BCUT2D eigenvalue weighted by molar-refractivity contribution is 5.61. The Hall–Kier alpha value is -3.42. The van der Waals surface area contributed by atoms with Crippen LogP contribution in [-0.4, -0.2) is 0 Å². The Morgan fingerprint density at radius 1 is 0.762 bits per heavy atom. The Bertz CT molecular complexity index is 683. The molecule has 0 aliphatic carbocycles. The van der Waals surface area contributed by atoms with E-state index in [1.807, 2.05) is 12.1 Å². The van der Waals surface area contributed by atoms with Crippen LogP contribution in [0.1, 0.15) is 11.1 Å². The molecule has 0 aliphatic rings. The van der Waals surface area contributed by atoms with Crippen molar-refractivity contribution in [2.75, 3.05) is 11.5 Å². The number of nitrogen functional groups attached to an aromatic ring is 2. The third-order valence-electron chi connectivity index (χ3n) is 2.59. The lowest BCUT2D eigenvalue weighted by Gasteiger charge is -2.08. The van der Waals surface area contributed by atoms with Gasteiger partial charge >= 0.3 is 0 Å². The molecule has 7 heteroatoms. The van der Waals surface area contributed by atoms with Crippen molar-refractivity contribution in [3.05, 3.63) is 47.5 Å². The van der Waals surface area contributed by atoms with Crippen molar-refractivity contribution in [3.63, 3.8) is 0 Å². The lowest BCUT2D eigenvalue weighted by molar-refractivity contribution is -0.411. The third kappa shape index (κ3) is 2.95. The van der Waals surface area contributed by atoms with E-state index < -0.39 is 0 Å². The number of rotatable bonds is 4. The van der Waals surface area contributed by atoms with Crippen LogP contribution >= 0.6 is 0 Å². The van der Waals surface area contributed by atoms with E-state index in [0.29, 0.717) is 0 Å². The number of anilines is 2. The van der Waals surface area contributed by atoms with Crippen molar-refractivity contribution in [1.29, 1.82) is 10.5 Å². The van der Waals surface area contributed by atoms with Crippen molar-refractivity contribution in [2.45, 2.75) is 0 Å². The third-order valence-corrected chi connectivity index (χ3v) is 2.59. The summed E-state index contributed by atoms with van der Waals surface area (Å²) >= 11 is 0. The van der Waals surface area contributed by atoms with E-state index in [4.69, 9.17) is 31.8 Å². The minimum atomic E-state index is 0.0971. The van der Waals surface area contributed by atoms with Gasteiger partial charge in [-0.05, 0) is 24.3 Å². The molecule has 104 valence electrons. The molecule has 2 aromatic carbocycles. The lowest BCUT2D eigenvalue weighted by Crippen LogP contribution is -2.06. The summed E-state index contributed by atoms with van der Waals surface area (Å²) in [6, 6.07) is 13.0. The zero-order valence-corrected chi connectivity index (χ0v) is 10.7. The normalized spacial score (nSPS) is 9.43. The highest BCUT2D eigenvalue weighted by atomic mass is 17.5. The first-order valence-electron chi connectivity index (χ1n) is 5.75. The van der Waals surface area contributed by atoms with E-state index in [1.165, 1.54) is 12.1 Å². The monoisotopic (exact) mass is 282 g/mol. The molecule has 0 radical (unpaired) electrons. The maximum absolute atomic E-state index is 8.97. The topological polar surface area (TPSA) is 127 Å². The van der Waals surface area contributed by atoms with Crippen LogP contribution in [0.2, 0.25) is 0 Å². The molecule has 2 rings (SSSR count). The summed E-state index contributed by atoms with van der Waals surface area (Å²) in [5, 5.41) is 22.5. The first-order valence-corrected chi connectivity index (χ1v) is 5.75. The highest BCUT2D eigenvalue weighted by Gasteiger charge is 2.11. The molecule has 2 aromatic rings. The second kappa shape index (κ2) is 6.15. The van der Waals surface area contributed by atoms with Crippen LogP contribution in [0.5, 0.6) is 11.5 Å². The van der Waals surface area contributed by atoms with Crippen LogP contribution in [0, 0.1) is 22.7 Å². The van der Waals surface area contributed by atoms with Crippen LogP contribution in [0.3, 0.4) is 0 Å². The van der Waals surface area contributed by atoms with Gasteiger partial charge in [0, 0.05) is 5.04 Å². The zero-order chi connectivity index (χ0) is 15.2. The highest BCUT2D eigenvalue weighted by Crippen LogP contribution is 2.26. The summed E-state index contributed by atoms with van der Waals surface area (Å²) in [4.78, 5) is 9.75. The van der Waals surface area contributed by atoms with E-state index in [1.54, 1.807) is 24.3 Å². The molecule has 0 saturated heterocycles. The summed E-state index contributed by atoms with van der Waals surface area (Å²) in [6.45, 7) is 0. The number of hydrogen-bond acceptors (Lipinski definition) is 7. The summed E-state index contributed by atoms with van der Waals surface area (Å²) in [5.41, 5.74) is 12.0. The molecule has 0 atom stereocenters. The summed E-state index contributed by atoms with van der Waals surface area (Å²) in [5.74, 6) is 0.194. The van der Waals surface area contributed by atoms with Gasteiger partial charge < -0.3 is 11.5 Å². The van der Waals surface area contributed by atoms with Crippen LogP contribution in [-0.2, 0) is 5.04 Å². The van der Waals surface area contributed by atoms with Gasteiger partial charge in [-0.15, -0.1) is 0 Å². The average molecular weight is 282 g/mol. The zero-order valence-electron chi connectivity index (χ0n) is 10.7. The standard InChI is InChI=1S/C14H10N4O3/c15-7-9-11(17)3-1-5-13(9)19-21-20-14-6-2-4-12(18)10(14)8-16/h1-6H,17-18H2. The molecule has 7 nitrogen and oxygen atoms in total. The maximum atomic E-state index is 8.97. The Morgan fingerprint density at radius 3 is 1.57 bits per heavy atom. The van der Waals surface area contributed by atoms with Crippen molar-refractivity contribution in [2.24, 2.45) is 0 Å². The van der Waals surface area contributed by atoms with Gasteiger partial charge in [-0.1, -0.05) is 12.1 Å². The maximum Gasteiger partial charge on any atom is 0.189 e. The fourth-order valence-corrected chi connectivity index (χ4v) is 1.56. The van der Waals surface area contributed by atoms with Gasteiger partial charge in [-0.3, -0.25) is 9.78 Å². The SMILES string of the molecule is N#Cc1c(N)cccc1OOOc1cccc(N)c1C#N. The molecular weight excluding hydrogens is 272 g/mol. The summed E-state index contributed by atoms with van der Waals surface area (Å²) < 4.78 is 0. The fraction of sp³-hybridized carbons (Fsp3) is 0. The van der Waals surface area contributed by atoms with Crippen LogP contribution in [0.4, 0.5) is 11.4 Å². The second-order valence-corrected chi connectivity index (χ2v) is 3.90. The van der Waals surface area contributed by atoms with E-state index in [2.05, 4.69) is 5.04 Å². The van der Waals surface area contributed by atoms with E-state index in [9.17, 15) is 0 Å². The fourth-order valence-electron chi connectivity index (χ4n) is 1.56. The number of hydrogen-bond donors (Lipinski definition) is 2. The van der Waals surface area contributed by atoms with Gasteiger partial charge in [0.25, 0.3) is 0 Å². The van der Waals surface area contributed by atoms with Gasteiger partial charge in [-0.25, -0.2) is 0 Å². The van der Waals surface area contributed by atoms with Gasteiger partial charge in [0.1, 0.15) is 23.3 Å². The van der Waals surface area contributed by atoms with E-state index in [0.717, 1.165) is 0 Å². The predicted molar refractivity (Wildman–Crippen MR) is 73.5 cm³/mol. The molecule has 0 aromatic heterocycles. The minimum absolute atomic E-state index is 0.0971. The van der Waals surface area contributed by atoms with Crippen LogP contribution < -0.4 is 21.2 Å². The first kappa shape index (κ1) is 14.0. The van der Waals surface area contributed by atoms with Crippen molar-refractivity contribution >= 4 is 11.4 Å². The molecule has 0 fully saturated rings. The van der Waals surface area contributed by atoms with Crippen molar-refractivity contribution in [3.8, 4) is 23.6 Å². The first-order chi connectivity index (χ1) is 10.2. The molecular formula is C14H10N4O3. The number of benzene rings is 2. The molecule has 0 amide bonds.